The third-order valence-corrected chi connectivity index (χ3v) is 6.65. The van der Waals surface area contributed by atoms with Crippen LogP contribution in [0.3, 0.4) is 0 Å². The molecule has 0 bridgehead atoms. The number of hydrogen-bond acceptors (Lipinski definition) is 4. The highest BCUT2D eigenvalue weighted by molar-refractivity contribution is 7.16. The molecule has 31 heavy (non-hydrogen) atoms. The predicted molar refractivity (Wildman–Crippen MR) is 129 cm³/mol. The van der Waals surface area contributed by atoms with Gasteiger partial charge in [-0.25, -0.2) is 0 Å². The van der Waals surface area contributed by atoms with E-state index in [9.17, 15) is 4.79 Å². The summed E-state index contributed by atoms with van der Waals surface area (Å²) in [6.07, 6.45) is 5.52. The van der Waals surface area contributed by atoms with Gasteiger partial charge in [0, 0.05) is 16.0 Å². The summed E-state index contributed by atoms with van der Waals surface area (Å²) in [5.41, 5.74) is 5.45. The number of ether oxygens (including phenoxy) is 1. The Morgan fingerprint density at radius 1 is 1.00 bits per heavy atom. The molecule has 2 aromatic carbocycles. The van der Waals surface area contributed by atoms with Crippen LogP contribution in [0.1, 0.15) is 46.9 Å². The van der Waals surface area contributed by atoms with Gasteiger partial charge in [0.15, 0.2) is 0 Å². The Hall–Kier alpha value is -2.92. The van der Waals surface area contributed by atoms with E-state index >= 15 is 0 Å². The largest absolute Gasteiger partial charge is 0.496 e. The van der Waals surface area contributed by atoms with E-state index < -0.39 is 0 Å². The van der Waals surface area contributed by atoms with Crippen molar-refractivity contribution in [3.8, 4) is 5.75 Å². The number of amides is 1. The molecule has 1 amide bonds. The highest BCUT2D eigenvalue weighted by Crippen LogP contribution is 2.34. The van der Waals surface area contributed by atoms with Gasteiger partial charge < -0.3 is 10.1 Å². The summed E-state index contributed by atoms with van der Waals surface area (Å²) in [5.74, 6) is 0.680. The first-order valence-electron chi connectivity index (χ1n) is 10.9. The van der Waals surface area contributed by atoms with Crippen molar-refractivity contribution in [1.82, 2.24) is 0 Å². The number of thiophene rings is 1. The highest BCUT2D eigenvalue weighted by atomic mass is 32.1. The Labute approximate surface area is 188 Å². The van der Waals surface area contributed by atoms with E-state index in [1.165, 1.54) is 28.8 Å². The summed E-state index contributed by atoms with van der Waals surface area (Å²) >= 11 is 1.64. The maximum Gasteiger partial charge on any atom is 0.246 e. The van der Waals surface area contributed by atoms with E-state index in [1.54, 1.807) is 18.4 Å². The molecule has 5 heteroatoms. The standard InChI is InChI=1S/C26H28N2O2S/c1-3-4-7-18-10-12-19(13-11-18)14-15-20-16-22-25(21-8-5-6-9-23(21)30-2)27-17-24(29)28-26(22)31-20/h5-6,8-13,16H,3-4,7,14-15,17H2,1-2H3,(H,28,29). The first-order chi connectivity index (χ1) is 15.2. The molecule has 1 aromatic heterocycles. The Balaban J connectivity index is 1.55. The van der Waals surface area contributed by atoms with Crippen LogP contribution in [0, 0.1) is 0 Å². The monoisotopic (exact) mass is 432 g/mol. The van der Waals surface area contributed by atoms with Crippen LogP contribution in [0.2, 0.25) is 0 Å². The number of para-hydroxylation sites is 1. The van der Waals surface area contributed by atoms with E-state index in [4.69, 9.17) is 4.74 Å². The van der Waals surface area contributed by atoms with Gasteiger partial charge in [0.2, 0.25) is 5.91 Å². The van der Waals surface area contributed by atoms with Gasteiger partial charge in [-0.3, -0.25) is 9.79 Å². The number of anilines is 1. The molecule has 160 valence electrons. The van der Waals surface area contributed by atoms with Crippen LogP contribution in [-0.2, 0) is 24.1 Å². The number of rotatable bonds is 8. The van der Waals surface area contributed by atoms with Crippen LogP contribution in [0.4, 0.5) is 5.00 Å². The van der Waals surface area contributed by atoms with Crippen molar-refractivity contribution in [3.05, 3.63) is 81.7 Å². The number of carbonyl (C=O) groups is 1. The van der Waals surface area contributed by atoms with Gasteiger partial charge in [0.1, 0.15) is 17.3 Å². The Morgan fingerprint density at radius 3 is 2.48 bits per heavy atom. The first-order valence-corrected chi connectivity index (χ1v) is 11.7. The lowest BCUT2D eigenvalue weighted by Crippen LogP contribution is -2.12. The Kier molecular flexibility index (Phi) is 6.82. The second kappa shape index (κ2) is 9.92. The quantitative estimate of drug-likeness (QED) is 0.498. The molecule has 0 spiro atoms. The van der Waals surface area contributed by atoms with E-state index in [-0.39, 0.29) is 12.5 Å². The lowest BCUT2D eigenvalue weighted by Gasteiger charge is -2.10. The molecular weight excluding hydrogens is 404 g/mol. The summed E-state index contributed by atoms with van der Waals surface area (Å²) in [7, 11) is 1.66. The number of fused-ring (bicyclic) bond motifs is 1. The smallest absolute Gasteiger partial charge is 0.246 e. The van der Waals surface area contributed by atoms with Crippen molar-refractivity contribution >= 4 is 28.0 Å². The summed E-state index contributed by atoms with van der Waals surface area (Å²) in [6.45, 7) is 2.35. The minimum Gasteiger partial charge on any atom is -0.496 e. The molecule has 4 nitrogen and oxygen atoms in total. The van der Waals surface area contributed by atoms with Gasteiger partial charge in [-0.1, -0.05) is 49.7 Å². The summed E-state index contributed by atoms with van der Waals surface area (Å²) in [5, 5.41) is 3.90. The lowest BCUT2D eigenvalue weighted by molar-refractivity contribution is -0.114. The molecule has 3 aromatic rings. The van der Waals surface area contributed by atoms with Gasteiger partial charge in [-0.2, -0.15) is 0 Å². The highest BCUT2D eigenvalue weighted by Gasteiger charge is 2.23. The number of aliphatic imine (C=N–C) groups is 1. The van der Waals surface area contributed by atoms with Crippen LogP contribution in [0.25, 0.3) is 0 Å². The second-order valence-electron chi connectivity index (χ2n) is 7.79. The molecular formula is C26H28N2O2S. The van der Waals surface area contributed by atoms with Crippen LogP contribution in [-0.4, -0.2) is 25.3 Å². The third-order valence-electron chi connectivity index (χ3n) is 5.54. The SMILES string of the molecule is CCCCc1ccc(CCc2cc3c(s2)NC(=O)CN=C3c2ccccc2OC)cc1. The van der Waals surface area contributed by atoms with Gasteiger partial charge in [0.25, 0.3) is 0 Å². The normalized spacial score (nSPS) is 13.2. The predicted octanol–water partition coefficient (Wildman–Crippen LogP) is 5.67. The van der Waals surface area contributed by atoms with E-state index in [1.807, 2.05) is 24.3 Å². The average Bonchev–Trinajstić information content (AvgIpc) is 3.12. The molecule has 0 saturated carbocycles. The minimum atomic E-state index is -0.0813. The van der Waals surface area contributed by atoms with Crippen molar-refractivity contribution in [1.29, 1.82) is 0 Å². The zero-order valence-corrected chi connectivity index (χ0v) is 18.9. The number of aryl methyl sites for hydroxylation is 3. The fourth-order valence-corrected chi connectivity index (χ4v) is 4.90. The number of benzene rings is 2. The zero-order chi connectivity index (χ0) is 21.6. The van der Waals surface area contributed by atoms with E-state index in [0.29, 0.717) is 0 Å². The lowest BCUT2D eigenvalue weighted by atomic mass is 10.0. The van der Waals surface area contributed by atoms with Crippen LogP contribution in [0.15, 0.2) is 59.6 Å². The number of hydrogen-bond donors (Lipinski definition) is 1. The molecule has 0 saturated heterocycles. The minimum absolute atomic E-state index is 0.0813. The molecule has 0 aliphatic carbocycles. The maximum atomic E-state index is 12.2. The van der Waals surface area contributed by atoms with Gasteiger partial charge >= 0.3 is 0 Å². The number of nitrogens with one attached hydrogen (secondary N) is 1. The Morgan fingerprint density at radius 2 is 1.74 bits per heavy atom. The summed E-state index contributed by atoms with van der Waals surface area (Å²) < 4.78 is 5.54. The van der Waals surface area contributed by atoms with Crippen molar-refractivity contribution in [3.63, 3.8) is 0 Å². The molecule has 0 unspecified atom stereocenters. The number of methoxy groups -OCH3 is 1. The molecule has 0 fully saturated rings. The van der Waals surface area contributed by atoms with Gasteiger partial charge in [0.05, 0.1) is 12.8 Å². The molecule has 1 aliphatic heterocycles. The fraction of sp³-hybridized carbons (Fsp3) is 0.308. The van der Waals surface area contributed by atoms with Crippen LogP contribution in [0.5, 0.6) is 5.75 Å². The molecule has 0 radical (unpaired) electrons. The van der Waals surface area contributed by atoms with Crippen LogP contribution < -0.4 is 10.1 Å². The van der Waals surface area contributed by atoms with E-state index in [0.717, 1.165) is 46.9 Å². The second-order valence-corrected chi connectivity index (χ2v) is 8.93. The fourth-order valence-electron chi connectivity index (χ4n) is 3.83. The molecule has 1 N–H and O–H groups in total. The maximum absolute atomic E-state index is 12.2. The molecule has 1 aliphatic rings. The van der Waals surface area contributed by atoms with E-state index in [2.05, 4.69) is 47.6 Å². The van der Waals surface area contributed by atoms with Crippen molar-refractivity contribution < 1.29 is 9.53 Å². The Bertz CT molecular complexity index is 1080. The number of nitrogens with zero attached hydrogens (tertiary/aromatic N) is 1. The van der Waals surface area contributed by atoms with Crippen molar-refractivity contribution in [2.75, 3.05) is 19.0 Å². The van der Waals surface area contributed by atoms with Gasteiger partial charge in [-0.15, -0.1) is 11.3 Å². The molecule has 2 heterocycles. The molecule has 0 atom stereocenters. The summed E-state index contributed by atoms with van der Waals surface area (Å²) in [6, 6.07) is 19.0. The average molecular weight is 433 g/mol. The first kappa shape index (κ1) is 21.3. The zero-order valence-electron chi connectivity index (χ0n) is 18.1. The van der Waals surface area contributed by atoms with Gasteiger partial charge in [-0.05, 0) is 55.0 Å². The van der Waals surface area contributed by atoms with Crippen molar-refractivity contribution in [2.24, 2.45) is 4.99 Å². The topological polar surface area (TPSA) is 50.7 Å². The summed E-state index contributed by atoms with van der Waals surface area (Å²) in [4.78, 5) is 18.1. The molecule has 4 rings (SSSR count). The number of unbranched alkanes of at least 4 members (excludes halogenated alkanes) is 1. The third kappa shape index (κ3) is 5.05. The number of carbonyl (C=O) groups excluding carboxylic acids is 1. The van der Waals surface area contributed by atoms with Crippen LogP contribution >= 0.6 is 11.3 Å². The van der Waals surface area contributed by atoms with Crippen molar-refractivity contribution in [2.45, 2.75) is 39.0 Å².